The number of aliphatic hydroxyl groups is 1. The van der Waals surface area contributed by atoms with Gasteiger partial charge in [0.2, 0.25) is 5.75 Å². The van der Waals surface area contributed by atoms with Crippen molar-refractivity contribution in [2.45, 2.75) is 25.0 Å². The van der Waals surface area contributed by atoms with Gasteiger partial charge in [0.15, 0.2) is 5.75 Å². The van der Waals surface area contributed by atoms with Crippen LogP contribution in [0.5, 0.6) is 11.5 Å². The molecule has 1 N–H and O–H groups in total. The van der Waals surface area contributed by atoms with Crippen LogP contribution < -0.4 is 9.47 Å². The van der Waals surface area contributed by atoms with E-state index < -0.39 is 34.1 Å². The molecule has 0 spiro atoms. The Balaban J connectivity index is 2.12. The Bertz CT molecular complexity index is 1070. The Labute approximate surface area is 182 Å². The maximum atomic E-state index is 14.3. The third-order valence-corrected chi connectivity index (χ3v) is 5.02. The van der Waals surface area contributed by atoms with Crippen molar-refractivity contribution < 1.29 is 38.3 Å². The number of halogens is 1. The van der Waals surface area contributed by atoms with Gasteiger partial charge in [0.1, 0.15) is 11.9 Å². The Morgan fingerprint density at radius 3 is 2.62 bits per heavy atom. The van der Waals surface area contributed by atoms with Crippen LogP contribution in [0.3, 0.4) is 0 Å². The molecule has 0 amide bonds. The lowest BCUT2D eigenvalue weighted by molar-refractivity contribution is -0.387. The van der Waals surface area contributed by atoms with E-state index >= 15 is 0 Å². The second-order valence-corrected chi connectivity index (χ2v) is 6.79. The van der Waals surface area contributed by atoms with E-state index in [1.54, 1.807) is 13.0 Å². The molecule has 0 radical (unpaired) electrons. The number of methoxy groups -OCH3 is 2. The summed E-state index contributed by atoms with van der Waals surface area (Å²) in [6, 6.07) is 8.25. The average Bonchev–Trinajstić information content (AvgIpc) is 3.24. The molecule has 0 aromatic heterocycles. The summed E-state index contributed by atoms with van der Waals surface area (Å²) >= 11 is 0. The number of hydrogen-bond acceptors (Lipinski definition) is 9. The highest BCUT2D eigenvalue weighted by Gasteiger charge is 2.57. The van der Waals surface area contributed by atoms with Crippen LogP contribution in [0.1, 0.15) is 30.6 Å². The largest absolute Gasteiger partial charge is 0.493 e. The van der Waals surface area contributed by atoms with E-state index in [9.17, 15) is 24.4 Å². The lowest BCUT2D eigenvalue weighted by Gasteiger charge is -2.29. The van der Waals surface area contributed by atoms with Gasteiger partial charge in [-0.3, -0.25) is 10.1 Å². The second-order valence-electron chi connectivity index (χ2n) is 6.79. The number of carbonyl (C=O) groups is 1. The quantitative estimate of drug-likeness (QED) is 0.371. The van der Waals surface area contributed by atoms with Crippen LogP contribution in [0.2, 0.25) is 0 Å². The summed E-state index contributed by atoms with van der Waals surface area (Å²) < 4.78 is 29.6. The molecule has 170 valence electrons. The molecule has 0 saturated heterocycles. The zero-order valence-electron chi connectivity index (χ0n) is 17.5. The van der Waals surface area contributed by atoms with Crippen molar-refractivity contribution in [3.63, 3.8) is 0 Å². The highest BCUT2D eigenvalue weighted by molar-refractivity contribution is 6.05. The van der Waals surface area contributed by atoms with E-state index in [1.165, 1.54) is 44.6 Å². The molecule has 10 nitrogen and oxygen atoms in total. The fourth-order valence-corrected chi connectivity index (χ4v) is 3.50. The van der Waals surface area contributed by atoms with E-state index in [0.29, 0.717) is 0 Å². The lowest BCUT2D eigenvalue weighted by Crippen LogP contribution is -2.46. The van der Waals surface area contributed by atoms with E-state index in [-0.39, 0.29) is 41.4 Å². The summed E-state index contributed by atoms with van der Waals surface area (Å²) in [5.74, 6) is -1.81. The van der Waals surface area contributed by atoms with Crippen LogP contribution in [0.15, 0.2) is 41.6 Å². The third-order valence-electron chi connectivity index (χ3n) is 5.02. The van der Waals surface area contributed by atoms with Gasteiger partial charge in [0, 0.05) is 5.56 Å². The standard InChI is InChI=1S/C21H21FN2O8/c1-4-31-20(26)21(11-15(23-32-21)12-7-5-6-8-14(12)22)19(25)13-9-10-16(29-2)18(30-3)17(13)24(27)28/h5-10,19,25H,4,11H2,1-3H3/t19-,21+/m1/s1. The zero-order valence-corrected chi connectivity index (χ0v) is 17.5. The molecule has 0 bridgehead atoms. The molecule has 32 heavy (non-hydrogen) atoms. The first kappa shape index (κ1) is 22.9. The van der Waals surface area contributed by atoms with Gasteiger partial charge in [-0.05, 0) is 25.1 Å². The number of benzene rings is 2. The maximum Gasteiger partial charge on any atom is 0.356 e. The van der Waals surface area contributed by atoms with Crippen LogP contribution in [0.25, 0.3) is 0 Å². The molecule has 1 heterocycles. The topological polar surface area (TPSA) is 130 Å². The summed E-state index contributed by atoms with van der Waals surface area (Å²) in [6.45, 7) is 1.49. The predicted molar refractivity (Wildman–Crippen MR) is 109 cm³/mol. The van der Waals surface area contributed by atoms with Crippen LogP contribution in [0, 0.1) is 15.9 Å². The number of esters is 1. The summed E-state index contributed by atoms with van der Waals surface area (Å²) in [6.07, 6.45) is -2.30. The van der Waals surface area contributed by atoms with Crippen molar-refractivity contribution in [2.75, 3.05) is 20.8 Å². The van der Waals surface area contributed by atoms with Crippen LogP contribution in [-0.4, -0.2) is 48.1 Å². The Hall–Kier alpha value is -3.73. The SMILES string of the molecule is CCOC(=O)[C@@]1([C@H](O)c2ccc(OC)c(OC)c2[N+](=O)[O-])CC(c2ccccc2F)=NO1. The molecule has 0 unspecified atom stereocenters. The first-order valence-corrected chi connectivity index (χ1v) is 9.55. The van der Waals surface area contributed by atoms with Gasteiger partial charge in [0.25, 0.3) is 5.60 Å². The van der Waals surface area contributed by atoms with Crippen molar-refractivity contribution in [1.82, 2.24) is 0 Å². The van der Waals surface area contributed by atoms with Crippen molar-refractivity contribution in [3.8, 4) is 11.5 Å². The summed E-state index contributed by atoms with van der Waals surface area (Å²) in [7, 11) is 2.50. The molecule has 11 heteroatoms. The first-order chi connectivity index (χ1) is 15.3. The molecule has 1 aliphatic rings. The molecule has 0 saturated carbocycles. The molecule has 2 atom stereocenters. The number of carbonyl (C=O) groups excluding carboxylic acids is 1. The van der Waals surface area contributed by atoms with Gasteiger partial charge >= 0.3 is 11.7 Å². The van der Waals surface area contributed by atoms with Gasteiger partial charge in [-0.25, -0.2) is 9.18 Å². The van der Waals surface area contributed by atoms with Crippen molar-refractivity contribution in [2.24, 2.45) is 5.16 Å². The van der Waals surface area contributed by atoms with E-state index in [4.69, 9.17) is 19.0 Å². The molecule has 3 rings (SSSR count). The normalized spacial score (nSPS) is 18.3. The minimum atomic E-state index is -2.18. The predicted octanol–water partition coefficient (Wildman–Crippen LogP) is 2.91. The summed E-state index contributed by atoms with van der Waals surface area (Å²) in [4.78, 5) is 29.3. The lowest BCUT2D eigenvalue weighted by atomic mass is 9.84. The first-order valence-electron chi connectivity index (χ1n) is 9.55. The number of oxime groups is 1. The highest BCUT2D eigenvalue weighted by atomic mass is 19.1. The zero-order chi connectivity index (χ0) is 23.5. The Morgan fingerprint density at radius 2 is 2.03 bits per heavy atom. The van der Waals surface area contributed by atoms with E-state index in [1.807, 2.05) is 0 Å². The van der Waals surface area contributed by atoms with Crippen LogP contribution in [0.4, 0.5) is 10.1 Å². The van der Waals surface area contributed by atoms with Crippen LogP contribution >= 0.6 is 0 Å². The van der Waals surface area contributed by atoms with E-state index in [2.05, 4.69) is 5.16 Å². The van der Waals surface area contributed by atoms with Gasteiger partial charge in [0.05, 0.1) is 43.4 Å². The third kappa shape index (κ3) is 3.82. The minimum absolute atomic E-state index is 0.0401. The molecule has 0 aliphatic carbocycles. The van der Waals surface area contributed by atoms with Gasteiger partial charge in [-0.15, -0.1) is 0 Å². The monoisotopic (exact) mass is 448 g/mol. The minimum Gasteiger partial charge on any atom is -0.493 e. The highest BCUT2D eigenvalue weighted by Crippen LogP contribution is 2.47. The average molecular weight is 448 g/mol. The van der Waals surface area contributed by atoms with Crippen molar-refractivity contribution in [3.05, 3.63) is 63.5 Å². The number of nitro benzene ring substituents is 1. The molecule has 2 aromatic rings. The smallest absolute Gasteiger partial charge is 0.356 e. The molecule has 2 aromatic carbocycles. The molecular weight excluding hydrogens is 427 g/mol. The van der Waals surface area contributed by atoms with Gasteiger partial charge < -0.3 is 24.2 Å². The number of aliphatic hydroxyl groups excluding tert-OH is 1. The number of nitrogens with zero attached hydrogens (tertiary/aromatic N) is 2. The summed E-state index contributed by atoms with van der Waals surface area (Å²) in [5.41, 5.74) is -2.99. The Kier molecular flexibility index (Phi) is 6.58. The van der Waals surface area contributed by atoms with Gasteiger partial charge in [-0.1, -0.05) is 23.4 Å². The fourth-order valence-electron chi connectivity index (χ4n) is 3.50. The Morgan fingerprint density at radius 1 is 1.31 bits per heavy atom. The van der Waals surface area contributed by atoms with E-state index in [0.717, 1.165) is 0 Å². The molecular formula is C21H21FN2O8. The maximum absolute atomic E-state index is 14.3. The number of ether oxygens (including phenoxy) is 3. The number of nitro groups is 1. The van der Waals surface area contributed by atoms with Gasteiger partial charge in [-0.2, -0.15) is 0 Å². The second kappa shape index (κ2) is 9.18. The van der Waals surface area contributed by atoms with Crippen molar-refractivity contribution >= 4 is 17.4 Å². The number of rotatable bonds is 8. The van der Waals surface area contributed by atoms with Crippen LogP contribution in [-0.2, 0) is 14.4 Å². The molecule has 0 fully saturated rings. The van der Waals surface area contributed by atoms with Crippen molar-refractivity contribution in [1.29, 1.82) is 0 Å². The molecule has 1 aliphatic heterocycles. The summed E-state index contributed by atoms with van der Waals surface area (Å²) in [5, 5.41) is 26.9. The number of hydrogen-bond donors (Lipinski definition) is 1. The fraction of sp³-hybridized carbons (Fsp3) is 0.333.